The standard InChI is InChI=1S/C40H36N4O.Pt/c1-25(2)21-30-12-9-11-27(4)39(30)40-28(5)42-44(29(40)6)31-13-10-14-32(23-31)45-33-17-18-35-34-15-7-8-16-36(34)43(37(35)24-33)38-22-26(3)19-20-41-38;/h7-20,22,25H,21H2,1-6H3;/q-2;+2. The van der Waals surface area contributed by atoms with Crippen LogP contribution in [-0.2, 0) is 27.5 Å². The molecule has 0 saturated carbocycles. The molecule has 0 saturated heterocycles. The summed E-state index contributed by atoms with van der Waals surface area (Å²) in [6.45, 7) is 13.0. The first-order valence-electron chi connectivity index (χ1n) is 15.5. The summed E-state index contributed by atoms with van der Waals surface area (Å²) in [7, 11) is 0. The van der Waals surface area contributed by atoms with Crippen molar-refractivity contribution in [2.24, 2.45) is 5.92 Å². The van der Waals surface area contributed by atoms with Gasteiger partial charge in [-0.15, -0.1) is 35.7 Å². The number of nitrogens with zero attached hydrogens (tertiary/aromatic N) is 4. The molecule has 0 aliphatic heterocycles. The number of aryl methyl sites for hydroxylation is 3. The minimum atomic E-state index is 0. The number of ether oxygens (including phenoxy) is 1. The monoisotopic (exact) mass is 783 g/mol. The van der Waals surface area contributed by atoms with Crippen molar-refractivity contribution in [1.82, 2.24) is 19.3 Å². The fraction of sp³-hybridized carbons (Fsp3) is 0.200. The van der Waals surface area contributed by atoms with Crippen LogP contribution in [0.4, 0.5) is 0 Å². The molecule has 0 N–H and O–H groups in total. The average molecular weight is 784 g/mol. The Labute approximate surface area is 285 Å². The molecule has 0 amide bonds. The predicted molar refractivity (Wildman–Crippen MR) is 183 cm³/mol. The van der Waals surface area contributed by atoms with E-state index in [0.717, 1.165) is 56.7 Å². The summed E-state index contributed by atoms with van der Waals surface area (Å²) in [5.41, 5.74) is 11.2. The van der Waals surface area contributed by atoms with Gasteiger partial charge in [-0.1, -0.05) is 55.8 Å². The third kappa shape index (κ3) is 5.69. The number of pyridine rings is 1. The maximum atomic E-state index is 6.42. The molecule has 4 aromatic carbocycles. The molecule has 7 aromatic rings. The molecule has 0 aliphatic carbocycles. The van der Waals surface area contributed by atoms with Crippen LogP contribution in [0.3, 0.4) is 0 Å². The van der Waals surface area contributed by atoms with Gasteiger partial charge in [0.1, 0.15) is 5.82 Å². The van der Waals surface area contributed by atoms with Gasteiger partial charge >= 0.3 is 21.1 Å². The van der Waals surface area contributed by atoms with Crippen LogP contribution in [0.25, 0.3) is 44.4 Å². The van der Waals surface area contributed by atoms with Crippen molar-refractivity contribution in [2.75, 3.05) is 0 Å². The second-order valence-electron chi connectivity index (χ2n) is 12.3. The summed E-state index contributed by atoms with van der Waals surface area (Å²) >= 11 is 0. The normalized spacial score (nSPS) is 11.4. The fourth-order valence-corrected chi connectivity index (χ4v) is 6.49. The zero-order chi connectivity index (χ0) is 31.2. The van der Waals surface area contributed by atoms with Crippen molar-refractivity contribution >= 4 is 21.8 Å². The summed E-state index contributed by atoms with van der Waals surface area (Å²) < 4.78 is 10.6. The minimum absolute atomic E-state index is 0. The quantitative estimate of drug-likeness (QED) is 0.151. The van der Waals surface area contributed by atoms with Crippen LogP contribution in [0, 0.1) is 45.7 Å². The summed E-state index contributed by atoms with van der Waals surface area (Å²) in [5, 5.41) is 7.25. The predicted octanol–water partition coefficient (Wildman–Crippen LogP) is 9.85. The number of benzene rings is 4. The first-order valence-corrected chi connectivity index (χ1v) is 15.5. The van der Waals surface area contributed by atoms with E-state index in [4.69, 9.17) is 14.8 Å². The smallest absolute Gasteiger partial charge is 0.509 e. The molecule has 0 radical (unpaired) electrons. The van der Waals surface area contributed by atoms with Crippen molar-refractivity contribution in [3.63, 3.8) is 0 Å². The van der Waals surface area contributed by atoms with Crippen LogP contribution in [0.1, 0.15) is 41.9 Å². The number of rotatable bonds is 7. The minimum Gasteiger partial charge on any atom is -0.509 e. The van der Waals surface area contributed by atoms with E-state index in [2.05, 4.69) is 113 Å². The van der Waals surface area contributed by atoms with Gasteiger partial charge in [-0.3, -0.25) is 4.68 Å². The second-order valence-corrected chi connectivity index (χ2v) is 12.3. The van der Waals surface area contributed by atoms with Gasteiger partial charge in [0.15, 0.2) is 0 Å². The van der Waals surface area contributed by atoms with Gasteiger partial charge in [0.05, 0.1) is 5.69 Å². The molecule has 0 spiro atoms. The molecule has 5 nitrogen and oxygen atoms in total. The molecule has 0 aliphatic rings. The molecule has 232 valence electrons. The summed E-state index contributed by atoms with van der Waals surface area (Å²) in [5.74, 6) is 2.63. The van der Waals surface area contributed by atoms with Crippen molar-refractivity contribution in [3.8, 4) is 34.1 Å². The largest absolute Gasteiger partial charge is 2.00 e. The molecule has 0 atom stereocenters. The van der Waals surface area contributed by atoms with Gasteiger partial charge < -0.3 is 9.30 Å². The number of hydrogen-bond acceptors (Lipinski definition) is 3. The van der Waals surface area contributed by atoms with Crippen LogP contribution < -0.4 is 4.74 Å². The van der Waals surface area contributed by atoms with E-state index in [1.54, 1.807) is 0 Å². The Morgan fingerprint density at radius 1 is 0.783 bits per heavy atom. The van der Waals surface area contributed by atoms with E-state index >= 15 is 0 Å². The molecule has 3 heterocycles. The van der Waals surface area contributed by atoms with E-state index in [9.17, 15) is 0 Å². The van der Waals surface area contributed by atoms with Crippen molar-refractivity contribution in [2.45, 2.75) is 48.0 Å². The maximum Gasteiger partial charge on any atom is 2.00 e. The Kier molecular flexibility index (Phi) is 8.72. The van der Waals surface area contributed by atoms with Crippen LogP contribution >= 0.6 is 0 Å². The second kappa shape index (κ2) is 12.7. The van der Waals surface area contributed by atoms with Crippen molar-refractivity contribution < 1.29 is 25.8 Å². The Hall–Kier alpha value is -4.47. The van der Waals surface area contributed by atoms with Crippen molar-refractivity contribution in [1.29, 1.82) is 0 Å². The van der Waals surface area contributed by atoms with Crippen LogP contribution in [0.15, 0.2) is 91.1 Å². The van der Waals surface area contributed by atoms with Crippen molar-refractivity contribution in [3.05, 3.63) is 131 Å². The Morgan fingerprint density at radius 2 is 1.57 bits per heavy atom. The van der Waals surface area contributed by atoms with E-state index in [-0.39, 0.29) is 21.1 Å². The van der Waals surface area contributed by atoms with Gasteiger partial charge in [0.2, 0.25) is 0 Å². The number of hydrogen-bond donors (Lipinski definition) is 0. The average Bonchev–Trinajstić information content (AvgIpc) is 3.50. The zero-order valence-electron chi connectivity index (χ0n) is 27.0. The molecule has 6 heteroatoms. The van der Waals surface area contributed by atoms with E-state index in [1.165, 1.54) is 22.3 Å². The van der Waals surface area contributed by atoms with E-state index in [0.29, 0.717) is 17.4 Å². The maximum absolute atomic E-state index is 6.42. The third-order valence-electron chi connectivity index (χ3n) is 8.42. The molecule has 7 rings (SSSR count). The summed E-state index contributed by atoms with van der Waals surface area (Å²) in [6.07, 6.45) is 2.87. The SMILES string of the molecule is Cc1ccnc(-n2c3[c-]c(Oc4[c-]c(-n5nc(C)c(-c6c(C)cccc6CC(C)C)c5C)ccc4)ccc3c3ccccc32)c1.[Pt+2]. The molecule has 0 fully saturated rings. The topological polar surface area (TPSA) is 44.9 Å². The van der Waals surface area contributed by atoms with Gasteiger partial charge in [-0.2, -0.15) is 17.2 Å². The number of para-hydroxylation sites is 1. The van der Waals surface area contributed by atoms with Gasteiger partial charge in [-0.25, -0.2) is 4.98 Å². The van der Waals surface area contributed by atoms with Crippen LogP contribution in [0.5, 0.6) is 11.5 Å². The van der Waals surface area contributed by atoms with E-state index < -0.39 is 0 Å². The van der Waals surface area contributed by atoms with Crippen LogP contribution in [-0.4, -0.2) is 19.3 Å². The summed E-state index contributed by atoms with van der Waals surface area (Å²) in [4.78, 5) is 4.69. The zero-order valence-corrected chi connectivity index (χ0v) is 29.2. The molecular weight excluding hydrogens is 748 g/mol. The Balaban J connectivity index is 0.00000372. The van der Waals surface area contributed by atoms with E-state index in [1.807, 2.05) is 41.2 Å². The number of fused-ring (bicyclic) bond motifs is 3. The third-order valence-corrected chi connectivity index (χ3v) is 8.42. The van der Waals surface area contributed by atoms with Crippen LogP contribution in [0.2, 0.25) is 0 Å². The Bertz CT molecular complexity index is 2210. The molecule has 3 aromatic heterocycles. The van der Waals surface area contributed by atoms with Gasteiger partial charge in [0.25, 0.3) is 0 Å². The van der Waals surface area contributed by atoms with Gasteiger partial charge in [0, 0.05) is 34.5 Å². The summed E-state index contributed by atoms with van der Waals surface area (Å²) in [6, 6.07) is 36.1. The van der Waals surface area contributed by atoms with Gasteiger partial charge in [-0.05, 0) is 91.6 Å². The first-order chi connectivity index (χ1) is 21.8. The number of aromatic nitrogens is 4. The molecule has 46 heavy (non-hydrogen) atoms. The molecule has 0 unspecified atom stereocenters. The molecule has 0 bridgehead atoms. The fourth-order valence-electron chi connectivity index (χ4n) is 6.49. The Morgan fingerprint density at radius 3 is 2.37 bits per heavy atom. The molecular formula is C40H36N4OPt. The first kappa shape index (κ1) is 31.5.